The summed E-state index contributed by atoms with van der Waals surface area (Å²) < 4.78 is 18.3. The van der Waals surface area contributed by atoms with Gasteiger partial charge in [0.05, 0.1) is 26.8 Å². The largest absolute Gasteiger partial charge is 0.480 e. The van der Waals surface area contributed by atoms with Gasteiger partial charge in [0, 0.05) is 51.2 Å². The maximum absolute atomic E-state index is 15.7. The summed E-state index contributed by atoms with van der Waals surface area (Å²) in [5, 5.41) is 15.6. The molecule has 4 aromatic rings. The quantitative estimate of drug-likeness (QED) is 0.235. The number of piperidine rings is 1. The van der Waals surface area contributed by atoms with E-state index in [0.717, 1.165) is 15.6 Å². The van der Waals surface area contributed by atoms with E-state index in [9.17, 15) is 19.5 Å². The van der Waals surface area contributed by atoms with E-state index in [0.29, 0.717) is 27.8 Å². The Labute approximate surface area is 255 Å². The highest BCUT2D eigenvalue weighted by atomic mass is 35.5. The van der Waals surface area contributed by atoms with Crippen molar-refractivity contribution in [2.45, 2.75) is 37.5 Å². The number of likely N-dealkylation sites (tertiary alicyclic amines) is 1. The lowest BCUT2D eigenvalue weighted by Gasteiger charge is -2.35. The van der Waals surface area contributed by atoms with Gasteiger partial charge in [-0.1, -0.05) is 53.5 Å². The minimum absolute atomic E-state index is 0.00717. The van der Waals surface area contributed by atoms with Crippen molar-refractivity contribution in [3.63, 3.8) is 0 Å². The normalized spacial score (nSPS) is 15.6. The summed E-state index contributed by atoms with van der Waals surface area (Å²) in [5.74, 6) is -2.65. The van der Waals surface area contributed by atoms with Crippen molar-refractivity contribution in [1.29, 1.82) is 0 Å². The molecule has 5 rings (SSSR count). The molecule has 218 valence electrons. The number of fused-ring (bicyclic) bond motifs is 1. The number of aromatic nitrogens is 2. The number of hydrogen-bond donors (Lipinski definition) is 2. The van der Waals surface area contributed by atoms with Crippen LogP contribution in [0.1, 0.15) is 29.7 Å². The van der Waals surface area contributed by atoms with Gasteiger partial charge in [-0.15, -0.1) is 11.3 Å². The Morgan fingerprint density at radius 1 is 1.14 bits per heavy atom. The predicted molar refractivity (Wildman–Crippen MR) is 162 cm³/mol. The van der Waals surface area contributed by atoms with Crippen LogP contribution < -0.4 is 5.32 Å². The third-order valence-electron chi connectivity index (χ3n) is 7.24. The van der Waals surface area contributed by atoms with Crippen molar-refractivity contribution < 1.29 is 23.9 Å². The lowest BCUT2D eigenvalue weighted by molar-refractivity contribution is -0.146. The third kappa shape index (κ3) is 6.67. The maximum atomic E-state index is 15.7. The third-order valence-corrected chi connectivity index (χ3v) is 9.19. The number of imidazole rings is 1. The van der Waals surface area contributed by atoms with Gasteiger partial charge in [-0.25, -0.2) is 14.2 Å². The van der Waals surface area contributed by atoms with Crippen LogP contribution in [0.25, 0.3) is 16.2 Å². The number of carbonyl (C=O) groups is 3. The van der Waals surface area contributed by atoms with E-state index in [4.69, 9.17) is 23.2 Å². The number of carboxylic acid groups (broad SMARTS) is 1. The van der Waals surface area contributed by atoms with Gasteiger partial charge in [-0.05, 0) is 40.1 Å². The van der Waals surface area contributed by atoms with Gasteiger partial charge in [-0.2, -0.15) is 0 Å². The summed E-state index contributed by atoms with van der Waals surface area (Å²) in [7, 11) is 0. The fourth-order valence-corrected chi connectivity index (χ4v) is 6.29. The molecule has 12 heteroatoms. The highest BCUT2D eigenvalue weighted by Gasteiger charge is 2.43. The summed E-state index contributed by atoms with van der Waals surface area (Å²) in [6.45, 7) is 0.542. The highest BCUT2D eigenvalue weighted by molar-refractivity contribution is 7.18. The molecule has 0 aliphatic carbocycles. The van der Waals surface area contributed by atoms with Crippen LogP contribution in [0, 0.1) is 0 Å². The molecule has 2 N–H and O–H groups in total. The molecule has 0 saturated carbocycles. The summed E-state index contributed by atoms with van der Waals surface area (Å²) in [5.41, 5.74) is -0.209. The molecule has 0 radical (unpaired) electrons. The number of benzene rings is 2. The number of carboxylic acids is 1. The summed E-state index contributed by atoms with van der Waals surface area (Å²) >= 11 is 14.2. The number of rotatable bonds is 9. The molecule has 0 spiro atoms. The van der Waals surface area contributed by atoms with Gasteiger partial charge >= 0.3 is 5.97 Å². The molecule has 8 nitrogen and oxygen atoms in total. The molecule has 1 aliphatic heterocycles. The van der Waals surface area contributed by atoms with E-state index in [2.05, 4.69) is 10.3 Å². The van der Waals surface area contributed by atoms with Crippen LogP contribution in [0.2, 0.25) is 10.0 Å². The average Bonchev–Trinajstić information content (AvgIpc) is 3.64. The van der Waals surface area contributed by atoms with Crippen molar-refractivity contribution in [2.75, 3.05) is 13.1 Å². The number of halogens is 3. The van der Waals surface area contributed by atoms with Crippen molar-refractivity contribution in [3.05, 3.63) is 93.3 Å². The monoisotopic (exact) mass is 628 g/mol. The van der Waals surface area contributed by atoms with Crippen LogP contribution in [0.5, 0.6) is 0 Å². The zero-order valence-corrected chi connectivity index (χ0v) is 24.6. The van der Waals surface area contributed by atoms with Crippen molar-refractivity contribution in [3.8, 4) is 0 Å². The zero-order valence-electron chi connectivity index (χ0n) is 22.3. The number of nitrogens with one attached hydrogen (secondary N) is 1. The second-order valence-electron chi connectivity index (χ2n) is 10.1. The molecule has 2 aromatic heterocycles. The lowest BCUT2D eigenvalue weighted by atomic mass is 9.91. The molecule has 1 saturated heterocycles. The number of nitrogens with zero attached hydrogens (tertiary/aromatic N) is 3. The van der Waals surface area contributed by atoms with Gasteiger partial charge in [0.25, 0.3) is 5.91 Å². The first-order valence-electron chi connectivity index (χ1n) is 13.2. The Bertz CT molecular complexity index is 1650. The SMILES string of the molecule is O=C(O)[C@H](Cc1cn(Cc2ccccc2)cn1)NC(=O)C1(F)CCN(C(=O)/C=C/c2cc3ccsc3c(Cl)c2Cl)CC1. The molecule has 2 amide bonds. The van der Waals surface area contributed by atoms with Crippen molar-refractivity contribution >= 4 is 68.5 Å². The van der Waals surface area contributed by atoms with Crippen LogP contribution in [0.4, 0.5) is 4.39 Å². The van der Waals surface area contributed by atoms with Crippen LogP contribution in [0.15, 0.2) is 66.4 Å². The minimum atomic E-state index is -2.30. The minimum Gasteiger partial charge on any atom is -0.480 e. The molecule has 1 fully saturated rings. The first kappa shape index (κ1) is 29.8. The summed E-state index contributed by atoms with van der Waals surface area (Å²) in [6.07, 6.45) is 5.59. The number of amides is 2. The van der Waals surface area contributed by atoms with Crippen LogP contribution in [-0.2, 0) is 27.3 Å². The van der Waals surface area contributed by atoms with E-state index in [1.165, 1.54) is 22.3 Å². The van der Waals surface area contributed by atoms with Gasteiger partial charge in [0.15, 0.2) is 5.67 Å². The molecular weight excluding hydrogens is 602 g/mol. The molecule has 42 heavy (non-hydrogen) atoms. The van der Waals surface area contributed by atoms with Crippen LogP contribution >= 0.6 is 34.5 Å². The van der Waals surface area contributed by atoms with E-state index in [-0.39, 0.29) is 38.3 Å². The lowest BCUT2D eigenvalue weighted by Crippen LogP contribution is -2.55. The number of aliphatic carboxylic acids is 1. The standard InChI is InChI=1S/C30H27Cl2FN4O4S/c31-25-20(14-21-8-13-42-27(21)26(25)32)6-7-24(38)37-11-9-30(33,10-12-37)29(41)35-23(28(39)40)15-22-17-36(18-34-22)16-19-4-2-1-3-5-19/h1-8,13-14,17-18,23H,9-12,15-16H2,(H,35,41)(H,39,40)/b7-6+/t23-/m0/s1. The Hall–Kier alpha value is -3.73. The van der Waals surface area contributed by atoms with E-state index in [1.807, 2.05) is 52.4 Å². The molecule has 0 bridgehead atoms. The first-order chi connectivity index (χ1) is 20.1. The fourth-order valence-electron chi connectivity index (χ4n) is 4.85. The second kappa shape index (κ2) is 12.6. The Balaban J connectivity index is 1.16. The van der Waals surface area contributed by atoms with Crippen molar-refractivity contribution in [2.24, 2.45) is 0 Å². The highest BCUT2D eigenvalue weighted by Crippen LogP contribution is 2.37. The fraction of sp³-hybridized carbons (Fsp3) is 0.267. The topological polar surface area (TPSA) is 105 Å². The molecule has 3 heterocycles. The Kier molecular flexibility index (Phi) is 8.96. The number of hydrogen-bond acceptors (Lipinski definition) is 5. The van der Waals surface area contributed by atoms with Crippen LogP contribution in [-0.4, -0.2) is 62.1 Å². The molecular formula is C30H27Cl2FN4O4S. The second-order valence-corrected chi connectivity index (χ2v) is 11.8. The maximum Gasteiger partial charge on any atom is 0.326 e. The molecule has 0 unspecified atom stereocenters. The number of thiophene rings is 1. The smallest absolute Gasteiger partial charge is 0.326 e. The molecule has 2 aromatic carbocycles. The summed E-state index contributed by atoms with van der Waals surface area (Å²) in [4.78, 5) is 43.3. The van der Waals surface area contributed by atoms with Gasteiger partial charge in [-0.3, -0.25) is 9.59 Å². The average molecular weight is 630 g/mol. The molecule has 1 atom stereocenters. The van der Waals surface area contributed by atoms with E-state index >= 15 is 4.39 Å². The zero-order chi connectivity index (χ0) is 29.9. The molecule has 1 aliphatic rings. The van der Waals surface area contributed by atoms with Crippen LogP contribution in [0.3, 0.4) is 0 Å². The Morgan fingerprint density at radius 3 is 2.60 bits per heavy atom. The van der Waals surface area contributed by atoms with Gasteiger partial charge < -0.3 is 19.9 Å². The van der Waals surface area contributed by atoms with E-state index in [1.54, 1.807) is 18.6 Å². The van der Waals surface area contributed by atoms with Gasteiger partial charge in [0.2, 0.25) is 5.91 Å². The number of alkyl halides is 1. The van der Waals surface area contributed by atoms with Gasteiger partial charge in [0.1, 0.15) is 6.04 Å². The van der Waals surface area contributed by atoms with E-state index < -0.39 is 23.6 Å². The first-order valence-corrected chi connectivity index (χ1v) is 14.9. The number of carbonyl (C=O) groups excluding carboxylic acids is 2. The Morgan fingerprint density at radius 2 is 1.88 bits per heavy atom. The predicted octanol–water partition coefficient (Wildman–Crippen LogP) is 5.61. The summed E-state index contributed by atoms with van der Waals surface area (Å²) in [6, 6.07) is 12.1. The van der Waals surface area contributed by atoms with Crippen molar-refractivity contribution in [1.82, 2.24) is 19.8 Å².